The second-order valence-electron chi connectivity index (χ2n) is 6.18. The van der Waals surface area contributed by atoms with E-state index in [1.807, 2.05) is 26.0 Å². The number of amides is 2. The number of urea groups is 1. The molecule has 2 heterocycles. The van der Waals surface area contributed by atoms with Crippen LogP contribution in [0.1, 0.15) is 44.9 Å². The van der Waals surface area contributed by atoms with Gasteiger partial charge in [0.2, 0.25) is 0 Å². The molecule has 0 bridgehead atoms. The highest BCUT2D eigenvalue weighted by Gasteiger charge is 2.25. The van der Waals surface area contributed by atoms with Crippen molar-refractivity contribution in [3.63, 3.8) is 0 Å². The second-order valence-corrected chi connectivity index (χ2v) is 6.18. The molecule has 1 saturated heterocycles. The van der Waals surface area contributed by atoms with Crippen molar-refractivity contribution >= 4 is 6.03 Å². The number of ether oxygens (including phenoxy) is 1. The van der Waals surface area contributed by atoms with Gasteiger partial charge in [0.15, 0.2) is 0 Å². The average molecular weight is 323 g/mol. The summed E-state index contributed by atoms with van der Waals surface area (Å²) in [7, 11) is 0. The van der Waals surface area contributed by atoms with Crippen molar-refractivity contribution in [3.8, 4) is 0 Å². The number of furan rings is 1. The van der Waals surface area contributed by atoms with Gasteiger partial charge in [0.1, 0.15) is 5.76 Å². The summed E-state index contributed by atoms with van der Waals surface area (Å²) in [5, 5.41) is 5.82. The van der Waals surface area contributed by atoms with E-state index in [9.17, 15) is 4.79 Å². The molecule has 0 aromatic carbocycles. The molecular formula is C17H29N3O3. The minimum absolute atomic E-state index is 0.113. The van der Waals surface area contributed by atoms with Gasteiger partial charge in [0.05, 0.1) is 18.4 Å². The highest BCUT2D eigenvalue weighted by molar-refractivity contribution is 5.73. The molecule has 2 amide bonds. The van der Waals surface area contributed by atoms with Gasteiger partial charge in [-0.2, -0.15) is 0 Å². The van der Waals surface area contributed by atoms with Gasteiger partial charge >= 0.3 is 6.03 Å². The first-order chi connectivity index (χ1) is 11.2. The number of hydrogen-bond donors (Lipinski definition) is 2. The molecule has 1 aromatic rings. The highest BCUT2D eigenvalue weighted by Crippen LogP contribution is 2.24. The monoisotopic (exact) mass is 323 g/mol. The van der Waals surface area contributed by atoms with Crippen LogP contribution in [0.3, 0.4) is 0 Å². The number of carbonyl (C=O) groups excluding carboxylic acids is 1. The molecule has 23 heavy (non-hydrogen) atoms. The van der Waals surface area contributed by atoms with Gasteiger partial charge in [0.25, 0.3) is 0 Å². The number of nitrogens with zero attached hydrogens (tertiary/aromatic N) is 1. The summed E-state index contributed by atoms with van der Waals surface area (Å²) in [6.07, 6.45) is 5.16. The third-order valence-corrected chi connectivity index (χ3v) is 3.97. The zero-order valence-corrected chi connectivity index (χ0v) is 14.2. The van der Waals surface area contributed by atoms with Gasteiger partial charge < -0.3 is 19.8 Å². The zero-order valence-electron chi connectivity index (χ0n) is 14.2. The molecule has 2 rings (SSSR count). The zero-order chi connectivity index (χ0) is 16.5. The second kappa shape index (κ2) is 9.57. The number of nitrogens with one attached hydrogen (secondary N) is 2. The van der Waals surface area contributed by atoms with E-state index < -0.39 is 0 Å². The number of rotatable bonds is 9. The van der Waals surface area contributed by atoms with Gasteiger partial charge in [-0.05, 0) is 58.3 Å². The molecule has 6 heteroatoms. The first-order valence-corrected chi connectivity index (χ1v) is 8.57. The minimum Gasteiger partial charge on any atom is -0.468 e. The predicted molar refractivity (Wildman–Crippen MR) is 89.4 cm³/mol. The lowest BCUT2D eigenvalue weighted by molar-refractivity contribution is 0.0774. The summed E-state index contributed by atoms with van der Waals surface area (Å²) in [6.45, 7) is 7.97. The number of hydrogen-bond acceptors (Lipinski definition) is 4. The predicted octanol–water partition coefficient (Wildman–Crippen LogP) is 2.53. The Balaban J connectivity index is 1.70. The number of carbonyl (C=O) groups is 1. The summed E-state index contributed by atoms with van der Waals surface area (Å²) < 4.78 is 11.0. The molecule has 1 aliphatic heterocycles. The first-order valence-electron chi connectivity index (χ1n) is 8.57. The molecule has 130 valence electrons. The van der Waals surface area contributed by atoms with Crippen LogP contribution in [0.5, 0.6) is 0 Å². The van der Waals surface area contributed by atoms with Gasteiger partial charge in [-0.3, -0.25) is 4.90 Å². The summed E-state index contributed by atoms with van der Waals surface area (Å²) >= 11 is 0. The molecule has 0 spiro atoms. The minimum atomic E-state index is -0.134. The van der Waals surface area contributed by atoms with E-state index in [1.165, 1.54) is 12.8 Å². The summed E-state index contributed by atoms with van der Waals surface area (Å²) in [6, 6.07) is 3.85. The Hall–Kier alpha value is -1.53. The molecule has 6 nitrogen and oxygen atoms in total. The van der Waals surface area contributed by atoms with Crippen LogP contribution in [0.25, 0.3) is 0 Å². The Kier molecular flexibility index (Phi) is 7.42. The highest BCUT2D eigenvalue weighted by atomic mass is 16.5. The molecular weight excluding hydrogens is 294 g/mol. The quantitative estimate of drug-likeness (QED) is 0.685. The van der Waals surface area contributed by atoms with Crippen molar-refractivity contribution in [3.05, 3.63) is 24.2 Å². The Morgan fingerprint density at radius 3 is 2.78 bits per heavy atom. The molecule has 0 saturated carbocycles. The van der Waals surface area contributed by atoms with Crippen LogP contribution in [0.4, 0.5) is 4.79 Å². The smallest absolute Gasteiger partial charge is 0.314 e. The van der Waals surface area contributed by atoms with Gasteiger partial charge in [-0.1, -0.05) is 0 Å². The lowest BCUT2D eigenvalue weighted by Crippen LogP contribution is -2.41. The van der Waals surface area contributed by atoms with Crippen molar-refractivity contribution in [2.45, 2.75) is 45.3 Å². The van der Waals surface area contributed by atoms with E-state index >= 15 is 0 Å². The normalized spacial score (nSPS) is 16.7. The molecule has 1 fully saturated rings. The Bertz CT molecular complexity index is 442. The van der Waals surface area contributed by atoms with E-state index in [4.69, 9.17) is 9.15 Å². The van der Waals surface area contributed by atoms with E-state index in [-0.39, 0.29) is 18.2 Å². The van der Waals surface area contributed by atoms with Crippen LogP contribution < -0.4 is 10.6 Å². The van der Waals surface area contributed by atoms with E-state index in [2.05, 4.69) is 15.5 Å². The van der Waals surface area contributed by atoms with Crippen LogP contribution in [-0.2, 0) is 4.74 Å². The number of likely N-dealkylation sites (tertiary alicyclic amines) is 1. The molecule has 1 aromatic heterocycles. The summed E-state index contributed by atoms with van der Waals surface area (Å²) in [5.74, 6) is 0.914. The van der Waals surface area contributed by atoms with Gasteiger partial charge in [-0.15, -0.1) is 0 Å². The average Bonchev–Trinajstić information content (AvgIpc) is 3.20. The molecule has 1 unspecified atom stereocenters. The maximum atomic E-state index is 11.9. The standard InChI is InChI=1S/C17H29N3O3/c1-14(2)22-12-6-8-18-17(21)19-13-15(16-7-5-11-23-16)20-9-3-4-10-20/h5,7,11,14-15H,3-4,6,8-10,12-13H2,1-2H3,(H2,18,19,21). The SMILES string of the molecule is CC(C)OCCCNC(=O)NCC(c1ccco1)N1CCCC1. The van der Waals surface area contributed by atoms with Crippen LogP contribution >= 0.6 is 0 Å². The maximum Gasteiger partial charge on any atom is 0.314 e. The topological polar surface area (TPSA) is 66.7 Å². The Morgan fingerprint density at radius 2 is 2.13 bits per heavy atom. The largest absolute Gasteiger partial charge is 0.468 e. The third kappa shape index (κ3) is 6.23. The summed E-state index contributed by atoms with van der Waals surface area (Å²) in [5.41, 5.74) is 0. The van der Waals surface area contributed by atoms with Gasteiger partial charge in [-0.25, -0.2) is 4.79 Å². The van der Waals surface area contributed by atoms with Crippen molar-refractivity contribution < 1.29 is 13.9 Å². The fourth-order valence-corrected chi connectivity index (χ4v) is 2.79. The molecule has 0 radical (unpaired) electrons. The molecule has 2 N–H and O–H groups in total. The Labute approximate surface area is 138 Å². The van der Waals surface area contributed by atoms with Crippen molar-refractivity contribution in [2.24, 2.45) is 0 Å². The lowest BCUT2D eigenvalue weighted by atomic mass is 10.2. The van der Waals surface area contributed by atoms with Crippen LogP contribution in [0, 0.1) is 0 Å². The van der Waals surface area contributed by atoms with E-state index in [1.54, 1.807) is 6.26 Å². The van der Waals surface area contributed by atoms with Crippen LogP contribution in [0.2, 0.25) is 0 Å². The molecule has 1 atom stereocenters. The fourth-order valence-electron chi connectivity index (χ4n) is 2.79. The molecule has 1 aliphatic rings. The van der Waals surface area contributed by atoms with Crippen molar-refractivity contribution in [1.82, 2.24) is 15.5 Å². The Morgan fingerprint density at radius 1 is 1.35 bits per heavy atom. The lowest BCUT2D eigenvalue weighted by Gasteiger charge is -2.26. The molecule has 0 aliphatic carbocycles. The first kappa shape index (κ1) is 17.8. The fraction of sp³-hybridized carbons (Fsp3) is 0.706. The van der Waals surface area contributed by atoms with Crippen molar-refractivity contribution in [2.75, 3.05) is 32.8 Å². The summed E-state index contributed by atoms with van der Waals surface area (Å²) in [4.78, 5) is 14.3. The van der Waals surface area contributed by atoms with Crippen LogP contribution in [-0.4, -0.2) is 49.8 Å². The maximum absolute atomic E-state index is 11.9. The van der Waals surface area contributed by atoms with Gasteiger partial charge in [0, 0.05) is 19.7 Å². The van der Waals surface area contributed by atoms with E-state index in [0.717, 1.165) is 25.3 Å². The third-order valence-electron chi connectivity index (χ3n) is 3.97. The van der Waals surface area contributed by atoms with E-state index in [0.29, 0.717) is 19.7 Å². The van der Waals surface area contributed by atoms with Crippen molar-refractivity contribution in [1.29, 1.82) is 0 Å². The van der Waals surface area contributed by atoms with Crippen LogP contribution in [0.15, 0.2) is 22.8 Å².